The van der Waals surface area contributed by atoms with Crippen LogP contribution in [0.5, 0.6) is 11.5 Å². The number of nitrogens with one attached hydrogen (secondary N) is 1. The average Bonchev–Trinajstić information content (AvgIpc) is 2.23. The average molecular weight is 188 g/mol. The molecule has 0 unspecified atom stereocenters. The van der Waals surface area contributed by atoms with Crippen LogP contribution in [0.4, 0.5) is 0 Å². The van der Waals surface area contributed by atoms with Crippen LogP contribution in [0.3, 0.4) is 0 Å². The maximum absolute atomic E-state index is 11.2. The van der Waals surface area contributed by atoms with Crippen LogP contribution in [-0.2, 0) is 0 Å². The molecular formula is C10H8N2O2. The Kier molecular flexibility index (Phi) is 2.27. The maximum atomic E-state index is 11.2. The molecule has 0 aliphatic heterocycles. The number of aromatic nitrogens is 2. The lowest BCUT2D eigenvalue weighted by Gasteiger charge is -2.02. The van der Waals surface area contributed by atoms with E-state index in [1.165, 1.54) is 0 Å². The van der Waals surface area contributed by atoms with Crippen LogP contribution in [-0.4, -0.2) is 9.97 Å². The molecule has 0 saturated carbocycles. The van der Waals surface area contributed by atoms with Gasteiger partial charge in [0.05, 0.1) is 0 Å². The second-order valence-electron chi connectivity index (χ2n) is 2.65. The maximum Gasteiger partial charge on any atom is 0.290 e. The Labute approximate surface area is 80.2 Å². The van der Waals surface area contributed by atoms with Crippen molar-refractivity contribution >= 4 is 0 Å². The first-order valence-corrected chi connectivity index (χ1v) is 4.12. The van der Waals surface area contributed by atoms with Crippen LogP contribution in [0, 0.1) is 0 Å². The molecule has 0 bridgehead atoms. The van der Waals surface area contributed by atoms with Gasteiger partial charge in [0.15, 0.2) is 5.75 Å². The molecule has 2 rings (SSSR count). The van der Waals surface area contributed by atoms with Crippen molar-refractivity contribution in [1.29, 1.82) is 0 Å². The van der Waals surface area contributed by atoms with Gasteiger partial charge in [0.1, 0.15) is 5.75 Å². The number of hydrogen-bond donors (Lipinski definition) is 1. The van der Waals surface area contributed by atoms with E-state index in [1.807, 2.05) is 0 Å². The molecule has 0 aliphatic carbocycles. The van der Waals surface area contributed by atoms with E-state index >= 15 is 0 Å². The molecule has 2 heterocycles. The van der Waals surface area contributed by atoms with E-state index in [4.69, 9.17) is 4.74 Å². The first-order valence-electron chi connectivity index (χ1n) is 4.12. The summed E-state index contributed by atoms with van der Waals surface area (Å²) < 4.78 is 5.33. The van der Waals surface area contributed by atoms with Crippen LogP contribution in [0.15, 0.2) is 47.7 Å². The molecule has 14 heavy (non-hydrogen) atoms. The van der Waals surface area contributed by atoms with Crippen LogP contribution >= 0.6 is 0 Å². The quantitative estimate of drug-likeness (QED) is 0.778. The lowest BCUT2D eigenvalue weighted by atomic mass is 10.4. The number of ether oxygens (including phenoxy) is 1. The highest BCUT2D eigenvalue weighted by Crippen LogP contribution is 2.15. The zero-order valence-corrected chi connectivity index (χ0v) is 7.31. The molecule has 1 N–H and O–H groups in total. The Hall–Kier alpha value is -2.10. The molecule has 4 nitrogen and oxygen atoms in total. The molecule has 0 aliphatic rings. The van der Waals surface area contributed by atoms with Gasteiger partial charge in [-0.3, -0.25) is 9.78 Å². The third kappa shape index (κ3) is 1.80. The van der Waals surface area contributed by atoms with Crippen molar-refractivity contribution in [3.63, 3.8) is 0 Å². The van der Waals surface area contributed by atoms with Gasteiger partial charge in [-0.25, -0.2) is 0 Å². The van der Waals surface area contributed by atoms with Crippen molar-refractivity contribution in [3.8, 4) is 11.5 Å². The van der Waals surface area contributed by atoms with Crippen LogP contribution in [0.1, 0.15) is 0 Å². The Morgan fingerprint density at radius 1 is 1.21 bits per heavy atom. The molecule has 0 saturated heterocycles. The SMILES string of the molecule is O=c1[nH]cccc1Oc1ccncc1. The van der Waals surface area contributed by atoms with Gasteiger partial charge in [0.2, 0.25) is 0 Å². The van der Waals surface area contributed by atoms with Crippen molar-refractivity contribution in [1.82, 2.24) is 9.97 Å². The Morgan fingerprint density at radius 2 is 2.00 bits per heavy atom. The van der Waals surface area contributed by atoms with Crippen molar-refractivity contribution in [2.24, 2.45) is 0 Å². The number of pyridine rings is 2. The molecule has 0 spiro atoms. The second-order valence-corrected chi connectivity index (χ2v) is 2.65. The first kappa shape index (κ1) is 8.50. The molecule has 2 aromatic heterocycles. The van der Waals surface area contributed by atoms with E-state index in [2.05, 4.69) is 9.97 Å². The molecule has 0 amide bonds. The molecular weight excluding hydrogens is 180 g/mol. The fraction of sp³-hybridized carbons (Fsp3) is 0. The van der Waals surface area contributed by atoms with Crippen LogP contribution in [0.25, 0.3) is 0 Å². The zero-order valence-electron chi connectivity index (χ0n) is 7.31. The van der Waals surface area contributed by atoms with Gasteiger partial charge in [0.25, 0.3) is 5.56 Å². The van der Waals surface area contributed by atoms with E-state index in [9.17, 15) is 4.79 Å². The summed E-state index contributed by atoms with van der Waals surface area (Å²) in [7, 11) is 0. The molecule has 0 aromatic carbocycles. The van der Waals surface area contributed by atoms with E-state index in [1.54, 1.807) is 42.9 Å². The number of nitrogens with zero attached hydrogens (tertiary/aromatic N) is 1. The molecule has 70 valence electrons. The fourth-order valence-corrected chi connectivity index (χ4v) is 1.02. The molecule has 0 radical (unpaired) electrons. The number of hydrogen-bond acceptors (Lipinski definition) is 3. The summed E-state index contributed by atoms with van der Waals surface area (Å²) >= 11 is 0. The van der Waals surface area contributed by atoms with Crippen molar-refractivity contribution in [3.05, 3.63) is 53.2 Å². The van der Waals surface area contributed by atoms with E-state index in [0.717, 1.165) is 0 Å². The molecule has 4 heteroatoms. The van der Waals surface area contributed by atoms with Gasteiger partial charge in [-0.1, -0.05) is 0 Å². The van der Waals surface area contributed by atoms with Gasteiger partial charge in [-0.2, -0.15) is 0 Å². The van der Waals surface area contributed by atoms with Gasteiger partial charge in [-0.15, -0.1) is 0 Å². The fourth-order valence-electron chi connectivity index (χ4n) is 1.02. The topological polar surface area (TPSA) is 55.0 Å². The molecule has 0 atom stereocenters. The zero-order chi connectivity index (χ0) is 9.80. The summed E-state index contributed by atoms with van der Waals surface area (Å²) in [4.78, 5) is 17.6. The third-order valence-electron chi connectivity index (χ3n) is 1.66. The summed E-state index contributed by atoms with van der Waals surface area (Å²) in [5, 5.41) is 0. The minimum atomic E-state index is -0.246. The lowest BCUT2D eigenvalue weighted by Crippen LogP contribution is -2.06. The minimum absolute atomic E-state index is 0.246. The monoisotopic (exact) mass is 188 g/mol. The number of H-pyrrole nitrogens is 1. The molecule has 2 aromatic rings. The highest BCUT2D eigenvalue weighted by molar-refractivity contribution is 5.26. The normalized spacial score (nSPS) is 9.71. The second kappa shape index (κ2) is 3.74. The lowest BCUT2D eigenvalue weighted by molar-refractivity contribution is 0.474. The van der Waals surface area contributed by atoms with Gasteiger partial charge >= 0.3 is 0 Å². The van der Waals surface area contributed by atoms with Crippen molar-refractivity contribution in [2.75, 3.05) is 0 Å². The Morgan fingerprint density at radius 3 is 2.71 bits per heavy atom. The predicted molar refractivity (Wildman–Crippen MR) is 51.4 cm³/mol. The third-order valence-corrected chi connectivity index (χ3v) is 1.66. The Bertz CT molecular complexity index is 465. The minimum Gasteiger partial charge on any atom is -0.451 e. The van der Waals surface area contributed by atoms with Crippen LogP contribution < -0.4 is 10.3 Å². The summed E-state index contributed by atoms with van der Waals surface area (Å²) in [5.74, 6) is 0.871. The number of aromatic amines is 1. The van der Waals surface area contributed by atoms with E-state index in [0.29, 0.717) is 5.75 Å². The van der Waals surface area contributed by atoms with Crippen molar-refractivity contribution in [2.45, 2.75) is 0 Å². The highest BCUT2D eigenvalue weighted by atomic mass is 16.5. The molecule has 0 fully saturated rings. The summed E-state index contributed by atoms with van der Waals surface area (Å²) in [6, 6.07) is 6.69. The van der Waals surface area contributed by atoms with Gasteiger partial charge < -0.3 is 9.72 Å². The summed E-state index contributed by atoms with van der Waals surface area (Å²) in [6.45, 7) is 0. The highest BCUT2D eigenvalue weighted by Gasteiger charge is 1.99. The summed E-state index contributed by atoms with van der Waals surface area (Å²) in [5.41, 5.74) is -0.246. The Balaban J connectivity index is 2.28. The first-order chi connectivity index (χ1) is 6.86. The van der Waals surface area contributed by atoms with Gasteiger partial charge in [0, 0.05) is 18.6 Å². The predicted octanol–water partition coefficient (Wildman–Crippen LogP) is 1.56. The van der Waals surface area contributed by atoms with Crippen LogP contribution in [0.2, 0.25) is 0 Å². The van der Waals surface area contributed by atoms with E-state index < -0.39 is 0 Å². The van der Waals surface area contributed by atoms with E-state index in [-0.39, 0.29) is 11.3 Å². The largest absolute Gasteiger partial charge is 0.451 e. The summed E-state index contributed by atoms with van der Waals surface area (Å²) in [6.07, 6.45) is 4.76. The standard InChI is InChI=1S/C10H8N2O2/c13-10-9(2-1-5-12-10)14-8-3-6-11-7-4-8/h1-7H,(H,12,13). The van der Waals surface area contributed by atoms with Crippen molar-refractivity contribution < 1.29 is 4.74 Å². The van der Waals surface area contributed by atoms with Gasteiger partial charge in [-0.05, 0) is 24.3 Å². The number of rotatable bonds is 2. The smallest absolute Gasteiger partial charge is 0.290 e.